The van der Waals surface area contributed by atoms with Crippen molar-refractivity contribution in [1.82, 2.24) is 15.2 Å². The van der Waals surface area contributed by atoms with Gasteiger partial charge in [-0.1, -0.05) is 0 Å². The van der Waals surface area contributed by atoms with Crippen LogP contribution >= 0.6 is 0 Å². The van der Waals surface area contributed by atoms with E-state index in [0.717, 1.165) is 26.2 Å². The van der Waals surface area contributed by atoms with Gasteiger partial charge in [0.15, 0.2) is 0 Å². The number of ether oxygens (including phenoxy) is 1. The van der Waals surface area contributed by atoms with Gasteiger partial charge in [0, 0.05) is 39.8 Å². The van der Waals surface area contributed by atoms with Gasteiger partial charge in [0.2, 0.25) is 5.96 Å². The number of hydrogen-bond acceptors (Lipinski definition) is 5. The Morgan fingerprint density at radius 2 is 2.00 bits per heavy atom. The monoisotopic (exact) mass is 273 g/mol. The molecular weight excluding hydrogens is 246 g/mol. The van der Waals surface area contributed by atoms with Crippen molar-refractivity contribution in [1.29, 1.82) is 0 Å². The highest BCUT2D eigenvalue weighted by Crippen LogP contribution is 2.08. The topological polar surface area (TPSA) is 86.4 Å². The summed E-state index contributed by atoms with van der Waals surface area (Å²) >= 11 is 0. The molecule has 0 saturated carbocycles. The highest BCUT2D eigenvalue weighted by Gasteiger charge is 2.23. The van der Waals surface area contributed by atoms with Crippen LogP contribution in [0.1, 0.15) is 13.8 Å². The number of β-amino-alcohol motifs (C(OH)–C–C–N with tert-alkyl or cyclic N) is 1. The van der Waals surface area contributed by atoms with Crippen molar-refractivity contribution in [2.24, 2.45) is 10.8 Å². The van der Waals surface area contributed by atoms with E-state index in [4.69, 9.17) is 10.6 Å². The molecule has 0 aliphatic carbocycles. The van der Waals surface area contributed by atoms with Gasteiger partial charge in [-0.2, -0.15) is 0 Å². The fourth-order valence-electron chi connectivity index (χ4n) is 2.14. The molecule has 1 fully saturated rings. The van der Waals surface area contributed by atoms with Gasteiger partial charge in [0.25, 0.3) is 0 Å². The summed E-state index contributed by atoms with van der Waals surface area (Å²) in [5.74, 6) is 6.21. The quantitative estimate of drug-likeness (QED) is 0.193. The summed E-state index contributed by atoms with van der Waals surface area (Å²) in [7, 11) is 1.65. The van der Waals surface area contributed by atoms with Crippen LogP contribution in [0.2, 0.25) is 0 Å². The molecule has 1 aliphatic rings. The minimum absolute atomic E-state index is 0.587. The maximum Gasteiger partial charge on any atom is 0.208 e. The molecule has 1 saturated heterocycles. The smallest absolute Gasteiger partial charge is 0.208 e. The minimum Gasteiger partial charge on any atom is -0.389 e. The number of hydrogen-bond donors (Lipinski definition) is 3. The van der Waals surface area contributed by atoms with E-state index in [1.165, 1.54) is 0 Å². The summed E-state index contributed by atoms with van der Waals surface area (Å²) in [5.41, 5.74) is 2.00. The Hall–Kier alpha value is -0.890. The Bertz CT molecular complexity index is 282. The lowest BCUT2D eigenvalue weighted by atomic mass is 10.1. The van der Waals surface area contributed by atoms with Crippen LogP contribution in [0.5, 0.6) is 0 Å². The van der Waals surface area contributed by atoms with Gasteiger partial charge < -0.3 is 14.7 Å². The number of guanidine groups is 1. The molecule has 0 unspecified atom stereocenters. The molecule has 0 bridgehead atoms. The molecule has 0 aromatic heterocycles. The molecule has 0 aromatic carbocycles. The maximum absolute atomic E-state index is 9.81. The van der Waals surface area contributed by atoms with Gasteiger partial charge in [-0.05, 0) is 13.8 Å². The van der Waals surface area contributed by atoms with E-state index in [0.29, 0.717) is 25.7 Å². The van der Waals surface area contributed by atoms with Gasteiger partial charge in [-0.3, -0.25) is 10.3 Å². The van der Waals surface area contributed by atoms with E-state index in [1.54, 1.807) is 7.11 Å². The summed E-state index contributed by atoms with van der Waals surface area (Å²) in [6.07, 6.45) is 0. The maximum atomic E-state index is 9.81. The molecule has 0 aromatic rings. The summed E-state index contributed by atoms with van der Waals surface area (Å²) in [5, 5.41) is 9.81. The summed E-state index contributed by atoms with van der Waals surface area (Å²) in [6, 6.07) is 0. The van der Waals surface area contributed by atoms with Crippen molar-refractivity contribution in [3.8, 4) is 0 Å². The zero-order chi connectivity index (χ0) is 14.3. The van der Waals surface area contributed by atoms with Crippen molar-refractivity contribution < 1.29 is 9.84 Å². The van der Waals surface area contributed by atoms with Gasteiger partial charge >= 0.3 is 0 Å². The van der Waals surface area contributed by atoms with Crippen LogP contribution < -0.4 is 11.3 Å². The third kappa shape index (κ3) is 6.20. The molecule has 7 nitrogen and oxygen atoms in total. The molecule has 4 N–H and O–H groups in total. The van der Waals surface area contributed by atoms with Gasteiger partial charge in [-0.25, -0.2) is 10.8 Å². The second-order valence-electron chi connectivity index (χ2n) is 5.42. The van der Waals surface area contributed by atoms with E-state index >= 15 is 0 Å². The second kappa shape index (κ2) is 7.64. The molecule has 0 amide bonds. The number of nitrogens with two attached hydrogens (primary N) is 1. The number of methoxy groups -OCH3 is 1. The molecule has 1 rings (SSSR count). The molecule has 0 atom stereocenters. The number of hydrazine groups is 1. The van der Waals surface area contributed by atoms with Crippen molar-refractivity contribution in [3.63, 3.8) is 0 Å². The normalized spacial score (nSPS) is 18.8. The lowest BCUT2D eigenvalue weighted by Crippen LogP contribution is -2.55. The molecular formula is C12H27N5O2. The molecule has 19 heavy (non-hydrogen) atoms. The fraction of sp³-hybridized carbons (Fsp3) is 0.917. The first-order chi connectivity index (χ1) is 8.96. The van der Waals surface area contributed by atoms with Crippen LogP contribution in [-0.2, 0) is 4.74 Å². The predicted octanol–water partition coefficient (Wildman–Crippen LogP) is -1.16. The van der Waals surface area contributed by atoms with Crippen molar-refractivity contribution in [3.05, 3.63) is 0 Å². The number of aliphatic imine (C=N–C) groups is 1. The Morgan fingerprint density at radius 3 is 2.47 bits per heavy atom. The van der Waals surface area contributed by atoms with Crippen LogP contribution in [-0.4, -0.2) is 79.5 Å². The van der Waals surface area contributed by atoms with E-state index in [1.807, 2.05) is 13.8 Å². The predicted molar refractivity (Wildman–Crippen MR) is 75.8 cm³/mol. The average Bonchev–Trinajstić information content (AvgIpc) is 2.34. The summed E-state index contributed by atoms with van der Waals surface area (Å²) < 4.78 is 4.97. The first-order valence-electron chi connectivity index (χ1n) is 6.66. The molecule has 7 heteroatoms. The Balaban J connectivity index is 2.41. The first-order valence-corrected chi connectivity index (χ1v) is 6.66. The van der Waals surface area contributed by atoms with Crippen LogP contribution in [0.15, 0.2) is 4.99 Å². The standard InChI is InChI=1S/C12H27N5O2/c1-12(2,18)10-16-5-7-17(8-6-16)11(15-13)14-4-9-19-3/h18H,4-10,13H2,1-3H3,(H,14,15). The Kier molecular flexibility index (Phi) is 6.50. The van der Waals surface area contributed by atoms with Crippen LogP contribution in [0.25, 0.3) is 0 Å². The van der Waals surface area contributed by atoms with E-state index in [2.05, 4.69) is 20.2 Å². The van der Waals surface area contributed by atoms with Gasteiger partial charge in [-0.15, -0.1) is 0 Å². The molecule has 112 valence electrons. The number of nitrogens with zero attached hydrogens (tertiary/aromatic N) is 3. The van der Waals surface area contributed by atoms with Crippen molar-refractivity contribution >= 4 is 5.96 Å². The van der Waals surface area contributed by atoms with Crippen LogP contribution in [0.3, 0.4) is 0 Å². The highest BCUT2D eigenvalue weighted by molar-refractivity contribution is 5.79. The zero-order valence-electron chi connectivity index (χ0n) is 12.2. The number of rotatable bonds is 5. The van der Waals surface area contributed by atoms with E-state index in [-0.39, 0.29) is 0 Å². The largest absolute Gasteiger partial charge is 0.389 e. The number of piperazine rings is 1. The molecule has 0 spiro atoms. The minimum atomic E-state index is -0.649. The highest BCUT2D eigenvalue weighted by atomic mass is 16.5. The van der Waals surface area contributed by atoms with Crippen LogP contribution in [0, 0.1) is 0 Å². The SMILES string of the molecule is COCCN=C(NN)N1CCN(CC(C)(C)O)CC1. The third-order valence-corrected chi connectivity index (χ3v) is 2.97. The number of aliphatic hydroxyl groups is 1. The van der Waals surface area contributed by atoms with E-state index in [9.17, 15) is 5.11 Å². The van der Waals surface area contributed by atoms with Crippen molar-refractivity contribution in [2.45, 2.75) is 19.4 Å². The first kappa shape index (κ1) is 16.2. The second-order valence-corrected chi connectivity index (χ2v) is 5.42. The lowest BCUT2D eigenvalue weighted by Gasteiger charge is -2.38. The zero-order valence-corrected chi connectivity index (χ0v) is 12.2. The van der Waals surface area contributed by atoms with Crippen molar-refractivity contribution in [2.75, 3.05) is 53.0 Å². The lowest BCUT2D eigenvalue weighted by molar-refractivity contribution is 0.0248. The van der Waals surface area contributed by atoms with Crippen LogP contribution in [0.4, 0.5) is 0 Å². The Labute approximate surface area is 115 Å². The van der Waals surface area contributed by atoms with Gasteiger partial charge in [0.05, 0.1) is 18.8 Å². The molecule has 0 radical (unpaired) electrons. The number of nitrogens with one attached hydrogen (secondary N) is 1. The molecule has 1 heterocycles. The average molecular weight is 273 g/mol. The third-order valence-electron chi connectivity index (χ3n) is 2.97. The molecule has 1 aliphatic heterocycles. The fourth-order valence-corrected chi connectivity index (χ4v) is 2.14. The van der Waals surface area contributed by atoms with Gasteiger partial charge in [0.1, 0.15) is 0 Å². The Morgan fingerprint density at radius 1 is 1.37 bits per heavy atom. The summed E-state index contributed by atoms with van der Waals surface area (Å²) in [6.45, 7) is 9.04. The van der Waals surface area contributed by atoms with E-state index < -0.39 is 5.60 Å². The summed E-state index contributed by atoms with van der Waals surface area (Å²) in [4.78, 5) is 8.74.